The zero-order chi connectivity index (χ0) is 22.1. The van der Waals surface area contributed by atoms with E-state index >= 15 is 0 Å². The standard InChI is InChI=1S/C13H14F2O.C7H7Cl.C3H6O.C2H2/c14-10-5-6-11(15)13-12(10)9-4-2-1-3-8(9)7-16-13;1-6-2-4-7(8)5-3-6;1-3-2-4-3;1-2/h5-6,8-9H,1-4,7H2;2-5H,1H3;3H,2H2,1H3;1-2H. The number of epoxide rings is 1. The Hall–Kier alpha value is -2.09. The molecule has 0 aromatic heterocycles. The average Bonchev–Trinajstić information content (AvgIpc) is 3.57. The van der Waals surface area contributed by atoms with Crippen molar-refractivity contribution in [1.29, 1.82) is 0 Å². The first-order valence-corrected chi connectivity index (χ1v) is 10.6. The van der Waals surface area contributed by atoms with Crippen molar-refractivity contribution in [2.45, 2.75) is 51.6 Å². The summed E-state index contributed by atoms with van der Waals surface area (Å²) in [5, 5.41) is 0.801. The Labute approximate surface area is 183 Å². The third-order valence-corrected chi connectivity index (χ3v) is 5.58. The van der Waals surface area contributed by atoms with Gasteiger partial charge in [-0.1, -0.05) is 42.1 Å². The molecule has 3 atom stereocenters. The number of terminal acetylenes is 1. The van der Waals surface area contributed by atoms with Crippen LogP contribution < -0.4 is 4.74 Å². The van der Waals surface area contributed by atoms with E-state index in [2.05, 4.69) is 19.8 Å². The largest absolute Gasteiger partial charge is 0.490 e. The topological polar surface area (TPSA) is 21.8 Å². The smallest absolute Gasteiger partial charge is 0.165 e. The molecular formula is C25H29ClF2O2. The molecule has 0 bridgehead atoms. The molecule has 1 saturated heterocycles. The fourth-order valence-corrected chi connectivity index (χ4v) is 3.77. The van der Waals surface area contributed by atoms with Gasteiger partial charge in [0.1, 0.15) is 5.82 Å². The molecule has 0 radical (unpaired) electrons. The highest BCUT2D eigenvalue weighted by Crippen LogP contribution is 2.46. The van der Waals surface area contributed by atoms with Crippen molar-refractivity contribution in [2.75, 3.05) is 13.2 Å². The lowest BCUT2D eigenvalue weighted by molar-refractivity contribution is 0.147. The summed E-state index contributed by atoms with van der Waals surface area (Å²) in [6.07, 6.45) is 12.9. The van der Waals surface area contributed by atoms with E-state index in [0.717, 1.165) is 37.0 Å². The van der Waals surface area contributed by atoms with Crippen LogP contribution in [0.2, 0.25) is 5.02 Å². The molecule has 2 aromatic rings. The Morgan fingerprint density at radius 2 is 1.50 bits per heavy atom. The van der Waals surface area contributed by atoms with Crippen LogP contribution in [0.1, 0.15) is 49.7 Å². The highest BCUT2D eigenvalue weighted by molar-refractivity contribution is 6.30. The number of rotatable bonds is 0. The number of hydrogen-bond acceptors (Lipinski definition) is 2. The molecule has 2 nitrogen and oxygen atoms in total. The third-order valence-electron chi connectivity index (χ3n) is 5.33. The van der Waals surface area contributed by atoms with Crippen molar-refractivity contribution in [3.05, 3.63) is 64.2 Å². The number of benzene rings is 2. The summed E-state index contributed by atoms with van der Waals surface area (Å²) in [5.41, 5.74) is 1.73. The molecule has 3 aliphatic rings. The number of hydrogen-bond donors (Lipinski definition) is 0. The molecule has 2 fully saturated rings. The maximum atomic E-state index is 13.8. The lowest BCUT2D eigenvalue weighted by atomic mass is 9.74. The summed E-state index contributed by atoms with van der Waals surface area (Å²) in [7, 11) is 0. The van der Waals surface area contributed by atoms with Crippen molar-refractivity contribution in [3.63, 3.8) is 0 Å². The van der Waals surface area contributed by atoms with Crippen LogP contribution in [-0.4, -0.2) is 19.3 Å². The fourth-order valence-electron chi connectivity index (χ4n) is 3.65. The van der Waals surface area contributed by atoms with Crippen LogP contribution >= 0.6 is 11.6 Å². The van der Waals surface area contributed by atoms with Gasteiger partial charge in [0.25, 0.3) is 0 Å². The highest BCUT2D eigenvalue weighted by Gasteiger charge is 2.36. The van der Waals surface area contributed by atoms with Gasteiger partial charge in [0, 0.05) is 16.5 Å². The lowest BCUT2D eigenvalue weighted by Crippen LogP contribution is -2.30. The molecule has 2 aliphatic heterocycles. The minimum Gasteiger partial charge on any atom is -0.490 e. The molecule has 0 amide bonds. The van der Waals surface area contributed by atoms with Crippen LogP contribution in [-0.2, 0) is 4.74 Å². The van der Waals surface area contributed by atoms with Gasteiger partial charge in [-0.3, -0.25) is 0 Å². The van der Waals surface area contributed by atoms with Gasteiger partial charge in [0.05, 0.1) is 19.3 Å². The van der Waals surface area contributed by atoms with Crippen molar-refractivity contribution in [1.82, 2.24) is 0 Å². The van der Waals surface area contributed by atoms with E-state index < -0.39 is 5.82 Å². The summed E-state index contributed by atoms with van der Waals surface area (Å²) < 4.78 is 37.4. The number of aryl methyl sites for hydroxylation is 1. The zero-order valence-corrected chi connectivity index (χ0v) is 18.3. The van der Waals surface area contributed by atoms with E-state index in [-0.39, 0.29) is 17.5 Å². The van der Waals surface area contributed by atoms with Gasteiger partial charge in [-0.2, -0.15) is 0 Å². The molecule has 0 N–H and O–H groups in total. The van der Waals surface area contributed by atoms with Gasteiger partial charge in [-0.15, -0.1) is 12.8 Å². The lowest BCUT2D eigenvalue weighted by Gasteiger charge is -2.37. The fraction of sp³-hybridized carbons (Fsp3) is 0.440. The van der Waals surface area contributed by atoms with E-state index in [4.69, 9.17) is 21.1 Å². The predicted molar refractivity (Wildman–Crippen MR) is 118 cm³/mol. The first-order valence-electron chi connectivity index (χ1n) is 10.2. The first-order chi connectivity index (χ1) is 14.5. The molecule has 30 heavy (non-hydrogen) atoms. The van der Waals surface area contributed by atoms with Gasteiger partial charge in [0.15, 0.2) is 11.6 Å². The van der Waals surface area contributed by atoms with Crippen molar-refractivity contribution < 1.29 is 18.3 Å². The van der Waals surface area contributed by atoms with Gasteiger partial charge in [-0.05, 0) is 56.9 Å². The van der Waals surface area contributed by atoms with E-state index in [1.54, 1.807) is 0 Å². The second-order valence-electron chi connectivity index (χ2n) is 7.67. The van der Waals surface area contributed by atoms with E-state index in [9.17, 15) is 8.78 Å². The molecule has 5 rings (SSSR count). The maximum Gasteiger partial charge on any atom is 0.165 e. The van der Waals surface area contributed by atoms with Crippen LogP contribution in [0.15, 0.2) is 36.4 Å². The summed E-state index contributed by atoms with van der Waals surface area (Å²) in [5.74, 6) is -0.0534. The van der Waals surface area contributed by atoms with Gasteiger partial charge in [-0.25, -0.2) is 8.78 Å². The molecule has 0 spiro atoms. The summed E-state index contributed by atoms with van der Waals surface area (Å²) in [6.45, 7) is 5.62. The van der Waals surface area contributed by atoms with Gasteiger partial charge in [0.2, 0.25) is 0 Å². The molecule has 2 heterocycles. The molecular weight excluding hydrogens is 406 g/mol. The van der Waals surface area contributed by atoms with Crippen LogP contribution in [0.3, 0.4) is 0 Å². The predicted octanol–water partition coefficient (Wildman–Crippen LogP) is 6.93. The second-order valence-corrected chi connectivity index (χ2v) is 8.11. The van der Waals surface area contributed by atoms with Crippen LogP contribution in [0.25, 0.3) is 0 Å². The summed E-state index contributed by atoms with van der Waals surface area (Å²) in [4.78, 5) is 0. The van der Waals surface area contributed by atoms with Crippen LogP contribution in [0, 0.1) is 37.3 Å². The normalized spacial score (nSPS) is 22.7. The molecule has 1 aliphatic carbocycles. The molecule has 3 unspecified atom stereocenters. The Morgan fingerprint density at radius 3 is 2.07 bits per heavy atom. The minimum absolute atomic E-state index is 0.156. The zero-order valence-electron chi connectivity index (χ0n) is 17.5. The van der Waals surface area contributed by atoms with E-state index in [1.165, 1.54) is 18.1 Å². The molecule has 5 heteroatoms. The highest BCUT2D eigenvalue weighted by atomic mass is 35.5. The molecule has 1 saturated carbocycles. The van der Waals surface area contributed by atoms with Crippen LogP contribution in [0.4, 0.5) is 8.78 Å². The summed E-state index contributed by atoms with van der Waals surface area (Å²) in [6, 6.07) is 10.1. The average molecular weight is 435 g/mol. The number of ether oxygens (including phenoxy) is 2. The Bertz CT molecular complexity index is 795. The summed E-state index contributed by atoms with van der Waals surface area (Å²) >= 11 is 5.61. The SMILES string of the molecule is C#C.CC1CO1.Cc1ccc(Cl)cc1.Fc1ccc(F)c2c1OCC1CCCCC21. The third kappa shape index (κ3) is 7.00. The first kappa shape index (κ1) is 24.2. The Balaban J connectivity index is 0.000000190. The number of halogens is 3. The van der Waals surface area contributed by atoms with Gasteiger partial charge >= 0.3 is 0 Å². The number of fused-ring (bicyclic) bond motifs is 3. The molecule has 162 valence electrons. The van der Waals surface area contributed by atoms with E-state index in [0.29, 0.717) is 24.2 Å². The van der Waals surface area contributed by atoms with Crippen molar-refractivity contribution in [3.8, 4) is 18.6 Å². The second kappa shape index (κ2) is 11.9. The van der Waals surface area contributed by atoms with Crippen LogP contribution in [0.5, 0.6) is 5.75 Å². The van der Waals surface area contributed by atoms with Gasteiger partial charge < -0.3 is 9.47 Å². The maximum absolute atomic E-state index is 13.8. The minimum atomic E-state index is -0.430. The van der Waals surface area contributed by atoms with Crippen molar-refractivity contribution >= 4 is 11.6 Å². The Kier molecular flexibility index (Phi) is 9.62. The Morgan fingerprint density at radius 1 is 0.933 bits per heavy atom. The quantitative estimate of drug-likeness (QED) is 0.331. The van der Waals surface area contributed by atoms with E-state index in [1.807, 2.05) is 31.2 Å². The monoisotopic (exact) mass is 434 g/mol. The molecule has 2 aromatic carbocycles. The van der Waals surface area contributed by atoms with Crippen molar-refractivity contribution in [2.24, 2.45) is 5.92 Å².